The van der Waals surface area contributed by atoms with Crippen LogP contribution in [0.5, 0.6) is 0 Å². The molecule has 3 aromatic rings. The number of nitrogens with one attached hydrogen (secondary N) is 1. The van der Waals surface area contributed by atoms with Gasteiger partial charge in [-0.1, -0.05) is 23.2 Å². The summed E-state index contributed by atoms with van der Waals surface area (Å²) in [5.74, 6) is -0.102. The number of esters is 1. The topological polar surface area (TPSA) is 86.1 Å². The lowest BCUT2D eigenvalue weighted by Crippen LogP contribution is -2.22. The molecule has 4 rings (SSSR count). The average Bonchev–Trinajstić information content (AvgIpc) is 3.60. The molecule has 1 aliphatic carbocycles. The zero-order chi connectivity index (χ0) is 21.3. The lowest BCUT2D eigenvalue weighted by molar-refractivity contribution is 0.0598. The van der Waals surface area contributed by atoms with Gasteiger partial charge in [-0.2, -0.15) is 9.78 Å². The minimum atomic E-state index is -0.448. The SMILES string of the molecule is COC(=O)c1ccc(CNc2cnn(-c3ccc(Cl)cc3)c(=O)c2Cl)nc1C1CC1. The van der Waals surface area contributed by atoms with Gasteiger partial charge in [-0.25, -0.2) is 4.79 Å². The fourth-order valence-corrected chi connectivity index (χ4v) is 3.40. The quantitative estimate of drug-likeness (QED) is 0.573. The van der Waals surface area contributed by atoms with E-state index in [-0.39, 0.29) is 16.9 Å². The lowest BCUT2D eigenvalue weighted by Gasteiger charge is -2.12. The molecular formula is C21H18Cl2N4O3. The first-order valence-corrected chi connectivity index (χ1v) is 10.1. The minimum Gasteiger partial charge on any atom is -0.465 e. The van der Waals surface area contributed by atoms with Crippen LogP contribution in [0, 0.1) is 0 Å². The lowest BCUT2D eigenvalue weighted by atomic mass is 10.1. The smallest absolute Gasteiger partial charge is 0.339 e. The van der Waals surface area contributed by atoms with Crippen molar-refractivity contribution in [2.24, 2.45) is 0 Å². The highest BCUT2D eigenvalue weighted by Crippen LogP contribution is 2.40. The number of benzene rings is 1. The second kappa shape index (κ2) is 8.45. The Morgan fingerprint density at radius 2 is 1.93 bits per heavy atom. The van der Waals surface area contributed by atoms with Crippen LogP contribution in [0.2, 0.25) is 10.0 Å². The number of ether oxygens (including phenoxy) is 1. The zero-order valence-corrected chi connectivity index (χ0v) is 17.6. The highest BCUT2D eigenvalue weighted by atomic mass is 35.5. The van der Waals surface area contributed by atoms with Gasteiger partial charge in [-0.3, -0.25) is 9.78 Å². The molecule has 154 valence electrons. The summed E-state index contributed by atoms with van der Waals surface area (Å²) in [7, 11) is 1.36. The maximum atomic E-state index is 12.6. The summed E-state index contributed by atoms with van der Waals surface area (Å²) in [6, 6.07) is 10.2. The molecule has 0 atom stereocenters. The fraction of sp³-hybridized carbons (Fsp3) is 0.238. The van der Waals surface area contributed by atoms with E-state index < -0.39 is 5.56 Å². The molecule has 30 heavy (non-hydrogen) atoms. The summed E-state index contributed by atoms with van der Waals surface area (Å²) in [6.45, 7) is 0.326. The molecular weight excluding hydrogens is 427 g/mol. The molecule has 0 aliphatic heterocycles. The second-order valence-corrected chi connectivity index (χ2v) is 7.73. The van der Waals surface area contributed by atoms with Crippen LogP contribution in [0.4, 0.5) is 5.69 Å². The first-order valence-electron chi connectivity index (χ1n) is 9.33. The molecule has 9 heteroatoms. The van der Waals surface area contributed by atoms with Crippen LogP contribution in [-0.4, -0.2) is 27.8 Å². The Bertz CT molecular complexity index is 1160. The Labute approximate surface area is 182 Å². The molecule has 2 aromatic heterocycles. The predicted octanol–water partition coefficient (Wildman–Crippen LogP) is 4.21. The molecule has 1 aromatic carbocycles. The average molecular weight is 445 g/mol. The predicted molar refractivity (Wildman–Crippen MR) is 115 cm³/mol. The molecule has 0 amide bonds. The van der Waals surface area contributed by atoms with E-state index in [0.717, 1.165) is 24.2 Å². The Morgan fingerprint density at radius 3 is 2.60 bits per heavy atom. The van der Waals surface area contributed by atoms with Crippen molar-refractivity contribution in [2.75, 3.05) is 12.4 Å². The van der Waals surface area contributed by atoms with Gasteiger partial charge in [-0.05, 0) is 49.2 Å². The van der Waals surface area contributed by atoms with Gasteiger partial charge < -0.3 is 10.1 Å². The molecule has 0 radical (unpaired) electrons. The van der Waals surface area contributed by atoms with Crippen LogP contribution in [0.25, 0.3) is 5.69 Å². The number of hydrogen-bond acceptors (Lipinski definition) is 6. The zero-order valence-electron chi connectivity index (χ0n) is 16.1. The van der Waals surface area contributed by atoms with Gasteiger partial charge in [0.25, 0.3) is 5.56 Å². The summed E-state index contributed by atoms with van der Waals surface area (Å²) in [5, 5.41) is 7.87. The summed E-state index contributed by atoms with van der Waals surface area (Å²) < 4.78 is 6.05. The number of anilines is 1. The maximum absolute atomic E-state index is 12.6. The maximum Gasteiger partial charge on any atom is 0.339 e. The Kier molecular flexibility index (Phi) is 5.74. The summed E-state index contributed by atoms with van der Waals surface area (Å²) in [6.07, 6.45) is 3.50. The van der Waals surface area contributed by atoms with Gasteiger partial charge >= 0.3 is 5.97 Å². The van der Waals surface area contributed by atoms with Crippen molar-refractivity contribution in [1.29, 1.82) is 0 Å². The number of halogens is 2. The van der Waals surface area contributed by atoms with E-state index in [9.17, 15) is 9.59 Å². The molecule has 7 nitrogen and oxygen atoms in total. The Balaban J connectivity index is 1.55. The number of pyridine rings is 1. The number of carbonyl (C=O) groups excluding carboxylic acids is 1. The van der Waals surface area contributed by atoms with E-state index in [1.54, 1.807) is 36.4 Å². The number of rotatable bonds is 6. The van der Waals surface area contributed by atoms with Gasteiger partial charge in [0.2, 0.25) is 0 Å². The number of carbonyl (C=O) groups is 1. The molecule has 1 aliphatic rings. The van der Waals surface area contributed by atoms with Gasteiger partial charge in [0, 0.05) is 10.9 Å². The van der Waals surface area contributed by atoms with Crippen molar-refractivity contribution < 1.29 is 9.53 Å². The largest absolute Gasteiger partial charge is 0.465 e. The molecule has 1 N–H and O–H groups in total. The molecule has 1 saturated carbocycles. The fourth-order valence-electron chi connectivity index (χ4n) is 3.07. The van der Waals surface area contributed by atoms with Crippen LogP contribution in [-0.2, 0) is 11.3 Å². The normalized spacial score (nSPS) is 13.2. The second-order valence-electron chi connectivity index (χ2n) is 6.92. The third-order valence-corrected chi connectivity index (χ3v) is 5.42. The summed E-state index contributed by atoms with van der Waals surface area (Å²) >= 11 is 12.2. The van der Waals surface area contributed by atoms with Crippen LogP contribution in [0.15, 0.2) is 47.4 Å². The van der Waals surface area contributed by atoms with Crippen molar-refractivity contribution in [3.05, 3.63) is 79.9 Å². The minimum absolute atomic E-state index is 0.0218. The number of nitrogens with zero attached hydrogens (tertiary/aromatic N) is 3. The molecule has 2 heterocycles. The van der Waals surface area contributed by atoms with Crippen molar-refractivity contribution in [3.8, 4) is 5.69 Å². The highest BCUT2D eigenvalue weighted by molar-refractivity contribution is 6.33. The Hall–Kier alpha value is -2.90. The summed E-state index contributed by atoms with van der Waals surface area (Å²) in [5.41, 5.74) is 2.49. The summed E-state index contributed by atoms with van der Waals surface area (Å²) in [4.78, 5) is 29.2. The first-order chi connectivity index (χ1) is 14.5. The molecule has 0 spiro atoms. The van der Waals surface area contributed by atoms with Gasteiger partial charge in [-0.15, -0.1) is 0 Å². The van der Waals surface area contributed by atoms with E-state index in [2.05, 4.69) is 15.4 Å². The van der Waals surface area contributed by atoms with Crippen molar-refractivity contribution in [3.63, 3.8) is 0 Å². The van der Waals surface area contributed by atoms with Crippen LogP contribution < -0.4 is 10.9 Å². The third-order valence-electron chi connectivity index (χ3n) is 4.80. The van der Waals surface area contributed by atoms with E-state index in [0.29, 0.717) is 28.5 Å². The molecule has 1 fully saturated rings. The van der Waals surface area contributed by atoms with Gasteiger partial charge in [0.1, 0.15) is 5.02 Å². The molecule has 0 saturated heterocycles. The third kappa shape index (κ3) is 4.17. The standard InChI is InChI=1S/C21H18Cl2N4O3/c1-30-21(29)16-9-6-14(26-19(16)12-2-3-12)10-24-17-11-25-27(20(28)18(17)23)15-7-4-13(22)5-8-15/h4-9,11-12,24H,2-3,10H2,1H3. The number of methoxy groups -OCH3 is 1. The van der Waals surface area contributed by atoms with Crippen molar-refractivity contribution in [2.45, 2.75) is 25.3 Å². The number of hydrogen-bond donors (Lipinski definition) is 1. The van der Waals surface area contributed by atoms with Crippen molar-refractivity contribution in [1.82, 2.24) is 14.8 Å². The van der Waals surface area contributed by atoms with Gasteiger partial charge in [0.15, 0.2) is 0 Å². The van der Waals surface area contributed by atoms with E-state index in [1.807, 2.05) is 0 Å². The Morgan fingerprint density at radius 1 is 1.20 bits per heavy atom. The monoisotopic (exact) mass is 444 g/mol. The van der Waals surface area contributed by atoms with Crippen LogP contribution in [0.1, 0.15) is 40.5 Å². The molecule has 0 unspecified atom stereocenters. The first kappa shape index (κ1) is 20.4. The van der Waals surface area contributed by atoms with Crippen molar-refractivity contribution >= 4 is 34.9 Å². The van der Waals surface area contributed by atoms with Crippen LogP contribution >= 0.6 is 23.2 Å². The van der Waals surface area contributed by atoms with E-state index in [1.165, 1.54) is 18.0 Å². The highest BCUT2D eigenvalue weighted by Gasteiger charge is 2.30. The van der Waals surface area contributed by atoms with Gasteiger partial charge in [0.05, 0.1) is 48.2 Å². The number of aromatic nitrogens is 3. The van der Waals surface area contributed by atoms with E-state index >= 15 is 0 Å². The van der Waals surface area contributed by atoms with E-state index in [4.69, 9.17) is 27.9 Å². The molecule has 0 bridgehead atoms. The van der Waals surface area contributed by atoms with Crippen LogP contribution in [0.3, 0.4) is 0 Å².